The molecule has 1 aromatic rings. The van der Waals surface area contributed by atoms with Gasteiger partial charge in [-0.2, -0.15) is 0 Å². The lowest BCUT2D eigenvalue weighted by Crippen LogP contribution is -2.37. The highest BCUT2D eigenvalue weighted by atomic mass is 28.3. The van der Waals surface area contributed by atoms with Gasteiger partial charge in [0.2, 0.25) is 0 Å². The molecule has 114 valence electrons. The van der Waals surface area contributed by atoms with E-state index in [-0.39, 0.29) is 0 Å². The summed E-state index contributed by atoms with van der Waals surface area (Å²) in [7, 11) is 1.01. The van der Waals surface area contributed by atoms with E-state index in [0.29, 0.717) is 12.0 Å². The zero-order chi connectivity index (χ0) is 15.3. The molecule has 0 fully saturated rings. The molecule has 0 aromatic heterocycles. The molecule has 0 radical (unpaired) electrons. The Kier molecular flexibility index (Phi) is 6.43. The molecule has 1 unspecified atom stereocenters. The Morgan fingerprint density at radius 2 is 1.65 bits per heavy atom. The zero-order valence-electron chi connectivity index (χ0n) is 14.1. The van der Waals surface area contributed by atoms with Crippen LogP contribution in [0.2, 0.25) is 19.6 Å². The van der Waals surface area contributed by atoms with E-state index in [0.717, 1.165) is 19.5 Å². The minimum Gasteiger partial charge on any atom is -0.327 e. The van der Waals surface area contributed by atoms with E-state index in [1.54, 1.807) is 0 Å². The van der Waals surface area contributed by atoms with Crippen LogP contribution < -0.4 is 10.9 Å². The van der Waals surface area contributed by atoms with Gasteiger partial charge in [0.15, 0.2) is 0 Å². The second-order valence-corrected chi connectivity index (χ2v) is 12.5. The number of benzene rings is 1. The van der Waals surface area contributed by atoms with Crippen LogP contribution in [0.4, 0.5) is 0 Å². The Balaban J connectivity index is 2.48. The lowest BCUT2D eigenvalue weighted by Gasteiger charge is -2.22. The van der Waals surface area contributed by atoms with Gasteiger partial charge in [0.05, 0.1) is 8.07 Å². The highest BCUT2D eigenvalue weighted by Crippen LogP contribution is 2.08. The van der Waals surface area contributed by atoms with Crippen molar-refractivity contribution in [3.8, 4) is 0 Å². The molecular weight excluding hydrogens is 260 g/mol. The molecule has 0 spiro atoms. The summed E-state index contributed by atoms with van der Waals surface area (Å²) in [6, 6.07) is 9.51. The Morgan fingerprint density at radius 3 is 2.10 bits per heavy atom. The molecule has 1 rings (SSSR count). The van der Waals surface area contributed by atoms with Crippen LogP contribution in [-0.2, 0) is 6.54 Å². The first-order valence-corrected chi connectivity index (χ1v) is 11.2. The predicted octanol–water partition coefficient (Wildman–Crippen LogP) is 3.04. The quantitative estimate of drug-likeness (QED) is 0.783. The molecule has 0 bridgehead atoms. The van der Waals surface area contributed by atoms with Crippen LogP contribution in [0.3, 0.4) is 0 Å². The van der Waals surface area contributed by atoms with Gasteiger partial charge in [-0.1, -0.05) is 62.9 Å². The van der Waals surface area contributed by atoms with Crippen molar-refractivity contribution < 1.29 is 0 Å². The highest BCUT2D eigenvalue weighted by molar-refractivity contribution is 6.88. The molecule has 2 N–H and O–H groups in total. The van der Waals surface area contributed by atoms with E-state index in [9.17, 15) is 0 Å². The first-order chi connectivity index (χ1) is 9.20. The molecule has 0 amide bonds. The van der Waals surface area contributed by atoms with E-state index in [1.807, 2.05) is 0 Å². The molecule has 0 saturated heterocycles. The van der Waals surface area contributed by atoms with E-state index in [2.05, 4.69) is 69.7 Å². The van der Waals surface area contributed by atoms with Crippen molar-refractivity contribution in [2.45, 2.75) is 52.5 Å². The van der Waals surface area contributed by atoms with Crippen molar-refractivity contribution >= 4 is 13.3 Å². The number of nitrogens with zero attached hydrogens (tertiary/aromatic N) is 1. The maximum Gasteiger partial charge on any atom is 0.0775 e. The second kappa shape index (κ2) is 7.39. The van der Waals surface area contributed by atoms with E-state index in [1.165, 1.54) is 10.8 Å². The molecular formula is C17H32N2Si. The second-order valence-electron chi connectivity index (χ2n) is 7.38. The Morgan fingerprint density at radius 1 is 1.10 bits per heavy atom. The SMILES string of the molecule is CC(C)C(N)CCN(C)Cc1ccc([Si](C)(C)C)cc1. The van der Waals surface area contributed by atoms with Gasteiger partial charge in [0.25, 0.3) is 0 Å². The summed E-state index contributed by atoms with van der Waals surface area (Å²) < 4.78 is 0. The first-order valence-electron chi connectivity index (χ1n) is 7.73. The van der Waals surface area contributed by atoms with E-state index < -0.39 is 8.07 Å². The maximum atomic E-state index is 6.10. The summed E-state index contributed by atoms with van der Waals surface area (Å²) in [6.45, 7) is 13.6. The summed E-state index contributed by atoms with van der Waals surface area (Å²) >= 11 is 0. The van der Waals surface area contributed by atoms with Crippen molar-refractivity contribution in [2.24, 2.45) is 11.7 Å². The van der Waals surface area contributed by atoms with Crippen molar-refractivity contribution in [3.05, 3.63) is 29.8 Å². The van der Waals surface area contributed by atoms with Gasteiger partial charge in [0, 0.05) is 12.6 Å². The fourth-order valence-corrected chi connectivity index (χ4v) is 3.37. The van der Waals surface area contributed by atoms with Crippen LogP contribution in [0.15, 0.2) is 24.3 Å². The van der Waals surface area contributed by atoms with Crippen LogP contribution in [0, 0.1) is 5.92 Å². The molecule has 0 aliphatic rings. The third-order valence-corrected chi connectivity index (χ3v) is 6.04. The van der Waals surface area contributed by atoms with Gasteiger partial charge in [-0.05, 0) is 31.5 Å². The Hall–Kier alpha value is -0.643. The minimum atomic E-state index is -1.17. The highest BCUT2D eigenvalue weighted by Gasteiger charge is 2.15. The topological polar surface area (TPSA) is 29.3 Å². The van der Waals surface area contributed by atoms with E-state index >= 15 is 0 Å². The van der Waals surface area contributed by atoms with Crippen molar-refractivity contribution in [2.75, 3.05) is 13.6 Å². The Bertz CT molecular complexity index is 392. The fourth-order valence-electron chi connectivity index (χ4n) is 2.20. The summed E-state index contributed by atoms with van der Waals surface area (Å²) in [5.41, 5.74) is 7.50. The largest absolute Gasteiger partial charge is 0.327 e. The normalized spacial score (nSPS) is 14.1. The third-order valence-electron chi connectivity index (χ3n) is 3.97. The summed E-state index contributed by atoms with van der Waals surface area (Å²) in [6.07, 6.45) is 1.07. The van der Waals surface area contributed by atoms with E-state index in [4.69, 9.17) is 5.73 Å². The Labute approximate surface area is 126 Å². The zero-order valence-corrected chi connectivity index (χ0v) is 15.1. The van der Waals surface area contributed by atoms with Crippen molar-refractivity contribution in [1.29, 1.82) is 0 Å². The van der Waals surface area contributed by atoms with Gasteiger partial charge in [0.1, 0.15) is 0 Å². The molecule has 1 atom stereocenters. The van der Waals surface area contributed by atoms with Crippen LogP contribution in [0.25, 0.3) is 0 Å². The van der Waals surface area contributed by atoms with Crippen LogP contribution in [0.5, 0.6) is 0 Å². The summed E-state index contributed by atoms with van der Waals surface area (Å²) in [4.78, 5) is 2.37. The van der Waals surface area contributed by atoms with Crippen molar-refractivity contribution in [1.82, 2.24) is 4.90 Å². The molecule has 0 aliphatic heterocycles. The smallest absolute Gasteiger partial charge is 0.0775 e. The average molecular weight is 293 g/mol. The first kappa shape index (κ1) is 17.4. The number of hydrogen-bond acceptors (Lipinski definition) is 2. The maximum absolute atomic E-state index is 6.10. The predicted molar refractivity (Wildman–Crippen MR) is 93.2 cm³/mol. The monoisotopic (exact) mass is 292 g/mol. The average Bonchev–Trinajstić information content (AvgIpc) is 2.35. The number of rotatable bonds is 7. The van der Waals surface area contributed by atoms with Crippen LogP contribution in [-0.4, -0.2) is 32.6 Å². The van der Waals surface area contributed by atoms with Gasteiger partial charge >= 0.3 is 0 Å². The van der Waals surface area contributed by atoms with Crippen molar-refractivity contribution in [3.63, 3.8) is 0 Å². The molecule has 2 nitrogen and oxygen atoms in total. The molecule has 20 heavy (non-hydrogen) atoms. The number of nitrogens with two attached hydrogens (primary N) is 1. The fraction of sp³-hybridized carbons (Fsp3) is 0.647. The minimum absolute atomic E-state index is 0.312. The molecule has 1 aromatic carbocycles. The lowest BCUT2D eigenvalue weighted by atomic mass is 10.0. The van der Waals surface area contributed by atoms with Gasteiger partial charge in [-0.3, -0.25) is 0 Å². The van der Waals surface area contributed by atoms with Crippen LogP contribution in [0.1, 0.15) is 25.8 Å². The molecule has 0 heterocycles. The molecule has 0 aliphatic carbocycles. The summed E-state index contributed by atoms with van der Waals surface area (Å²) in [5.74, 6) is 0.569. The van der Waals surface area contributed by atoms with Gasteiger partial charge in [-0.25, -0.2) is 0 Å². The summed E-state index contributed by atoms with van der Waals surface area (Å²) in [5, 5.41) is 1.53. The standard InChI is InChI=1S/C17H32N2Si/c1-14(2)17(18)11-12-19(3)13-15-7-9-16(10-8-15)20(4,5)6/h7-10,14,17H,11-13,18H2,1-6H3. The molecule has 3 heteroatoms. The van der Waals surface area contributed by atoms with Gasteiger partial charge < -0.3 is 10.6 Å². The number of hydrogen-bond donors (Lipinski definition) is 1. The third kappa shape index (κ3) is 5.78. The van der Waals surface area contributed by atoms with Crippen LogP contribution >= 0.6 is 0 Å². The van der Waals surface area contributed by atoms with Gasteiger partial charge in [-0.15, -0.1) is 0 Å². The molecule has 0 saturated carbocycles. The lowest BCUT2D eigenvalue weighted by molar-refractivity contribution is 0.296.